The van der Waals surface area contributed by atoms with Gasteiger partial charge in [0.05, 0.1) is 16.1 Å². The number of nitrogens with one attached hydrogen (secondary N) is 1. The lowest BCUT2D eigenvalue weighted by Gasteiger charge is -2.10. The third-order valence-corrected chi connectivity index (χ3v) is 6.04. The maximum atomic E-state index is 13.4. The topological polar surface area (TPSA) is 77.1 Å². The van der Waals surface area contributed by atoms with Crippen LogP contribution >= 0.6 is 0 Å². The molecule has 2 aromatic carbocycles. The van der Waals surface area contributed by atoms with Crippen molar-refractivity contribution in [3.05, 3.63) is 59.5 Å². The van der Waals surface area contributed by atoms with Gasteiger partial charge in [0.15, 0.2) is 0 Å². The summed E-state index contributed by atoms with van der Waals surface area (Å²) in [6.45, 7) is 1.50. The van der Waals surface area contributed by atoms with Gasteiger partial charge >= 0.3 is 0 Å². The molecule has 0 unspecified atom stereocenters. The molecule has 0 aliphatic carbocycles. The first-order chi connectivity index (χ1) is 11.5. The largest absolute Gasteiger partial charge is 0.396 e. The van der Waals surface area contributed by atoms with E-state index in [0.717, 1.165) is 41.6 Å². The second-order valence-electron chi connectivity index (χ2n) is 5.88. The van der Waals surface area contributed by atoms with Crippen molar-refractivity contribution in [3.8, 4) is 0 Å². The minimum atomic E-state index is -3.85. The Morgan fingerprint density at radius 3 is 2.79 bits per heavy atom. The average Bonchev–Trinajstić information content (AvgIpc) is 2.81. The average molecular weight is 345 g/mol. The van der Waals surface area contributed by atoms with Gasteiger partial charge in [0.2, 0.25) is 0 Å². The van der Waals surface area contributed by atoms with Gasteiger partial charge in [0.1, 0.15) is 5.82 Å². The molecule has 7 heteroatoms. The highest BCUT2D eigenvalue weighted by molar-refractivity contribution is 7.90. The predicted octanol–water partition coefficient (Wildman–Crippen LogP) is 2.25. The van der Waals surface area contributed by atoms with Gasteiger partial charge in [-0.25, -0.2) is 16.8 Å². The molecule has 0 saturated heterocycles. The van der Waals surface area contributed by atoms with Gasteiger partial charge in [0.25, 0.3) is 10.0 Å². The Morgan fingerprint density at radius 2 is 2.00 bits per heavy atom. The zero-order chi connectivity index (χ0) is 16.9. The van der Waals surface area contributed by atoms with E-state index in [1.807, 2.05) is 12.1 Å². The van der Waals surface area contributed by atoms with E-state index in [2.05, 4.69) is 5.32 Å². The number of nitrogens with zero attached hydrogens (tertiary/aromatic N) is 1. The molecule has 24 heavy (non-hydrogen) atoms. The van der Waals surface area contributed by atoms with Gasteiger partial charge < -0.3 is 11.1 Å². The summed E-state index contributed by atoms with van der Waals surface area (Å²) in [6.07, 6.45) is 2.41. The van der Waals surface area contributed by atoms with E-state index in [1.54, 1.807) is 12.3 Å². The number of anilines is 1. The molecule has 0 bridgehead atoms. The number of hydrogen-bond donors (Lipinski definition) is 2. The summed E-state index contributed by atoms with van der Waals surface area (Å²) in [5.74, 6) is -0.630. The molecule has 3 N–H and O–H groups in total. The monoisotopic (exact) mass is 345 g/mol. The van der Waals surface area contributed by atoms with E-state index in [-0.39, 0.29) is 10.6 Å². The second-order valence-corrected chi connectivity index (χ2v) is 7.69. The Bertz CT molecular complexity index is 1060. The van der Waals surface area contributed by atoms with E-state index in [4.69, 9.17) is 5.73 Å². The zero-order valence-corrected chi connectivity index (χ0v) is 13.6. The first kappa shape index (κ1) is 15.2. The van der Waals surface area contributed by atoms with Crippen LogP contribution in [0.2, 0.25) is 0 Å². The van der Waals surface area contributed by atoms with Crippen LogP contribution in [0.3, 0.4) is 0 Å². The highest BCUT2D eigenvalue weighted by Gasteiger charge is 2.24. The Hall–Kier alpha value is -2.38. The van der Waals surface area contributed by atoms with Gasteiger partial charge in [-0.15, -0.1) is 0 Å². The van der Waals surface area contributed by atoms with E-state index in [9.17, 15) is 12.8 Å². The molecular formula is C17H16FN3O2S. The molecule has 0 radical (unpaired) electrons. The molecule has 1 aliphatic heterocycles. The molecule has 0 amide bonds. The fourth-order valence-electron chi connectivity index (χ4n) is 3.19. The highest BCUT2D eigenvalue weighted by Crippen LogP contribution is 2.30. The summed E-state index contributed by atoms with van der Waals surface area (Å²) in [4.78, 5) is -0.0227. The molecule has 0 spiro atoms. The molecule has 4 rings (SSSR count). The molecule has 124 valence electrons. The third kappa shape index (κ3) is 2.20. The fourth-order valence-corrected chi connectivity index (χ4v) is 4.61. The van der Waals surface area contributed by atoms with Gasteiger partial charge in [-0.2, -0.15) is 0 Å². The number of hydrogen-bond acceptors (Lipinski definition) is 4. The summed E-state index contributed by atoms with van der Waals surface area (Å²) >= 11 is 0. The summed E-state index contributed by atoms with van der Waals surface area (Å²) in [5, 5.41) is 4.30. The second kappa shape index (κ2) is 5.32. The molecule has 0 fully saturated rings. The molecule has 1 aromatic heterocycles. The Balaban J connectivity index is 1.98. The van der Waals surface area contributed by atoms with Crippen molar-refractivity contribution >= 4 is 26.6 Å². The van der Waals surface area contributed by atoms with Gasteiger partial charge in [-0.05, 0) is 48.4 Å². The smallest absolute Gasteiger partial charge is 0.268 e. The molecule has 0 saturated carbocycles. The number of rotatable bonds is 2. The third-order valence-electron chi connectivity index (χ3n) is 4.37. The molecule has 1 aliphatic rings. The number of benzene rings is 2. The molecule has 2 heterocycles. The summed E-state index contributed by atoms with van der Waals surface area (Å²) in [7, 11) is -3.85. The van der Waals surface area contributed by atoms with Crippen molar-refractivity contribution in [2.75, 3.05) is 12.3 Å². The van der Waals surface area contributed by atoms with Crippen LogP contribution < -0.4 is 11.1 Å². The highest BCUT2D eigenvalue weighted by atomic mass is 32.2. The normalized spacial score (nSPS) is 14.7. The first-order valence-corrected chi connectivity index (χ1v) is 9.05. The van der Waals surface area contributed by atoms with Crippen LogP contribution in [0.4, 0.5) is 10.1 Å². The predicted molar refractivity (Wildman–Crippen MR) is 90.7 cm³/mol. The number of nitrogens with two attached hydrogens (primary N) is 1. The lowest BCUT2D eigenvalue weighted by Crippen LogP contribution is -2.15. The lowest BCUT2D eigenvalue weighted by molar-refractivity contribution is 0.588. The quantitative estimate of drug-likeness (QED) is 0.699. The molecule has 5 nitrogen and oxygen atoms in total. The minimum Gasteiger partial charge on any atom is -0.396 e. The van der Waals surface area contributed by atoms with E-state index in [1.165, 1.54) is 10.0 Å². The summed E-state index contributed by atoms with van der Waals surface area (Å²) in [6, 6.07) is 9.11. The number of nitrogen functional groups attached to an aromatic ring is 1. The summed E-state index contributed by atoms with van der Waals surface area (Å²) < 4.78 is 40.7. The summed E-state index contributed by atoms with van der Waals surface area (Å²) in [5.41, 5.74) is 8.06. The first-order valence-electron chi connectivity index (χ1n) is 7.61. The van der Waals surface area contributed by atoms with Crippen molar-refractivity contribution in [3.63, 3.8) is 0 Å². The van der Waals surface area contributed by atoms with E-state index < -0.39 is 15.8 Å². The maximum absolute atomic E-state index is 13.4. The number of halogens is 1. The van der Waals surface area contributed by atoms with Crippen molar-refractivity contribution in [1.29, 1.82) is 0 Å². The Morgan fingerprint density at radius 1 is 1.17 bits per heavy atom. The van der Waals surface area contributed by atoms with Crippen LogP contribution in [0.15, 0.2) is 47.5 Å². The van der Waals surface area contributed by atoms with Gasteiger partial charge in [0, 0.05) is 18.1 Å². The van der Waals surface area contributed by atoms with Crippen molar-refractivity contribution in [1.82, 2.24) is 9.29 Å². The van der Waals surface area contributed by atoms with Gasteiger partial charge in [-0.3, -0.25) is 0 Å². The van der Waals surface area contributed by atoms with Crippen LogP contribution in [0.5, 0.6) is 0 Å². The standard InChI is InChI=1S/C17H16FN3O2S/c18-14-5-4-13(8-15(14)19)24(22,23)21-10-12-6-7-20-9-11-2-1-3-16(21)17(11)12/h1-5,8,10,20H,6-7,9,19H2. The Kier molecular flexibility index (Phi) is 3.36. The van der Waals surface area contributed by atoms with Crippen molar-refractivity contribution in [2.24, 2.45) is 0 Å². The van der Waals surface area contributed by atoms with Crippen molar-refractivity contribution in [2.45, 2.75) is 17.9 Å². The fraction of sp³-hybridized carbons (Fsp3) is 0.176. The SMILES string of the molecule is Nc1cc(S(=O)(=O)n2cc3c4c(cccc42)CNCC3)ccc1F. The van der Waals surface area contributed by atoms with E-state index in [0.29, 0.717) is 12.1 Å². The molecule has 3 aromatic rings. The van der Waals surface area contributed by atoms with Crippen LogP contribution in [-0.2, 0) is 23.0 Å². The zero-order valence-electron chi connectivity index (χ0n) is 12.8. The molecular weight excluding hydrogens is 329 g/mol. The maximum Gasteiger partial charge on any atom is 0.268 e. The molecule has 0 atom stereocenters. The van der Waals surface area contributed by atoms with Crippen LogP contribution in [-0.4, -0.2) is 18.9 Å². The number of aromatic nitrogens is 1. The van der Waals surface area contributed by atoms with Gasteiger partial charge in [-0.1, -0.05) is 12.1 Å². The van der Waals surface area contributed by atoms with Crippen LogP contribution in [0.1, 0.15) is 11.1 Å². The van der Waals surface area contributed by atoms with Crippen LogP contribution in [0.25, 0.3) is 10.9 Å². The van der Waals surface area contributed by atoms with Crippen LogP contribution in [0, 0.1) is 5.82 Å². The van der Waals surface area contributed by atoms with E-state index >= 15 is 0 Å². The van der Waals surface area contributed by atoms with Crippen molar-refractivity contribution < 1.29 is 12.8 Å². The lowest BCUT2D eigenvalue weighted by atomic mass is 10.1. The Labute approximate surface area is 138 Å². The minimum absolute atomic E-state index is 0.0227.